The topological polar surface area (TPSA) is 12.4 Å². The standard InChI is InChI=1S/C18H21NS2/c1-3-4-5-6-7-13-14-8-10-20-17(14)18-15(9-11-21-18)16(13)12-19-2/h8-12H,3-7H2,1-2H3. The second kappa shape index (κ2) is 6.71. The molecule has 3 aromatic rings. The fourth-order valence-corrected chi connectivity index (χ4v) is 5.03. The van der Waals surface area contributed by atoms with Crippen molar-refractivity contribution in [3.8, 4) is 0 Å². The van der Waals surface area contributed by atoms with E-state index >= 15 is 0 Å². The number of thiophene rings is 2. The summed E-state index contributed by atoms with van der Waals surface area (Å²) >= 11 is 3.72. The summed E-state index contributed by atoms with van der Waals surface area (Å²) in [6.45, 7) is 2.27. The predicted molar refractivity (Wildman–Crippen MR) is 98.6 cm³/mol. The van der Waals surface area contributed by atoms with E-state index in [0.717, 1.165) is 0 Å². The molecule has 0 amide bonds. The molecular formula is C18H21NS2. The number of hydrogen-bond donors (Lipinski definition) is 0. The maximum absolute atomic E-state index is 4.31. The molecule has 2 heterocycles. The van der Waals surface area contributed by atoms with Crippen LogP contribution in [0.5, 0.6) is 0 Å². The minimum absolute atomic E-state index is 1.17. The van der Waals surface area contributed by atoms with Crippen LogP contribution in [0.25, 0.3) is 20.2 Å². The summed E-state index contributed by atoms with van der Waals surface area (Å²) in [6.07, 6.45) is 8.46. The second-order valence-electron chi connectivity index (χ2n) is 5.42. The normalized spacial score (nSPS) is 12.1. The molecule has 0 saturated heterocycles. The Morgan fingerprint density at radius 2 is 1.71 bits per heavy atom. The molecule has 0 aliphatic rings. The first-order chi connectivity index (χ1) is 10.4. The van der Waals surface area contributed by atoms with Gasteiger partial charge >= 0.3 is 0 Å². The van der Waals surface area contributed by atoms with Crippen LogP contribution in [0.2, 0.25) is 0 Å². The third-order valence-electron chi connectivity index (χ3n) is 4.02. The van der Waals surface area contributed by atoms with E-state index in [1.807, 2.05) is 29.7 Å². The lowest BCUT2D eigenvalue weighted by atomic mass is 9.95. The van der Waals surface area contributed by atoms with Crippen LogP contribution in [0.4, 0.5) is 0 Å². The highest BCUT2D eigenvalue weighted by atomic mass is 32.1. The highest BCUT2D eigenvalue weighted by Gasteiger charge is 2.14. The lowest BCUT2D eigenvalue weighted by molar-refractivity contribution is 0.668. The number of hydrogen-bond acceptors (Lipinski definition) is 3. The van der Waals surface area contributed by atoms with E-state index in [0.29, 0.717) is 0 Å². The van der Waals surface area contributed by atoms with Gasteiger partial charge in [0.15, 0.2) is 0 Å². The van der Waals surface area contributed by atoms with Gasteiger partial charge in [0.2, 0.25) is 0 Å². The molecule has 0 saturated carbocycles. The van der Waals surface area contributed by atoms with Crippen molar-refractivity contribution in [2.45, 2.75) is 39.0 Å². The number of nitrogens with zero attached hydrogens (tertiary/aromatic N) is 1. The van der Waals surface area contributed by atoms with Crippen LogP contribution in [-0.4, -0.2) is 13.3 Å². The number of aliphatic imine (C=N–C) groups is 1. The lowest BCUT2D eigenvalue weighted by Gasteiger charge is -2.10. The quantitative estimate of drug-likeness (QED) is 0.374. The van der Waals surface area contributed by atoms with Gasteiger partial charge in [-0.1, -0.05) is 26.2 Å². The summed E-state index contributed by atoms with van der Waals surface area (Å²) in [4.78, 5) is 4.31. The smallest absolute Gasteiger partial charge is 0.0527 e. The Morgan fingerprint density at radius 1 is 1.00 bits per heavy atom. The Morgan fingerprint density at radius 3 is 2.43 bits per heavy atom. The SMILES string of the molecule is CCCCCCc1c(C=NC)c2ccsc2c2sccc12. The average molecular weight is 316 g/mol. The summed E-state index contributed by atoms with van der Waals surface area (Å²) in [7, 11) is 1.87. The summed E-state index contributed by atoms with van der Waals surface area (Å²) in [6, 6.07) is 4.55. The Labute approximate surface area is 134 Å². The monoisotopic (exact) mass is 315 g/mol. The van der Waals surface area contributed by atoms with Crippen LogP contribution in [0.1, 0.15) is 43.7 Å². The van der Waals surface area contributed by atoms with Crippen LogP contribution in [0, 0.1) is 0 Å². The predicted octanol–water partition coefficient (Wildman–Crippen LogP) is 6.29. The van der Waals surface area contributed by atoms with E-state index in [-0.39, 0.29) is 0 Å². The van der Waals surface area contributed by atoms with Crippen molar-refractivity contribution in [3.05, 3.63) is 34.0 Å². The molecule has 1 aromatic carbocycles. The lowest BCUT2D eigenvalue weighted by Crippen LogP contribution is -1.96. The molecule has 21 heavy (non-hydrogen) atoms. The fourth-order valence-electron chi connectivity index (χ4n) is 3.00. The minimum Gasteiger partial charge on any atom is -0.296 e. The molecule has 0 N–H and O–H groups in total. The first-order valence-electron chi connectivity index (χ1n) is 7.68. The third-order valence-corrected chi connectivity index (χ3v) is 6.01. The van der Waals surface area contributed by atoms with E-state index < -0.39 is 0 Å². The number of rotatable bonds is 6. The summed E-state index contributed by atoms with van der Waals surface area (Å²) < 4.78 is 2.88. The van der Waals surface area contributed by atoms with Gasteiger partial charge in [0, 0.05) is 24.2 Å². The molecule has 2 aromatic heterocycles. The second-order valence-corrected chi connectivity index (χ2v) is 7.25. The minimum atomic E-state index is 1.17. The highest BCUT2D eigenvalue weighted by molar-refractivity contribution is 7.25. The van der Waals surface area contributed by atoms with Gasteiger partial charge in [-0.25, -0.2) is 0 Å². The maximum Gasteiger partial charge on any atom is 0.0527 e. The van der Waals surface area contributed by atoms with Crippen molar-refractivity contribution in [3.63, 3.8) is 0 Å². The van der Waals surface area contributed by atoms with Crippen LogP contribution >= 0.6 is 22.7 Å². The number of benzene rings is 1. The van der Waals surface area contributed by atoms with Crippen molar-refractivity contribution >= 4 is 49.1 Å². The van der Waals surface area contributed by atoms with Gasteiger partial charge in [-0.2, -0.15) is 0 Å². The van der Waals surface area contributed by atoms with Gasteiger partial charge in [-0.05, 0) is 46.7 Å². The molecule has 0 unspecified atom stereocenters. The summed E-state index contributed by atoms with van der Waals surface area (Å²) in [5.74, 6) is 0. The molecule has 3 rings (SSSR count). The van der Waals surface area contributed by atoms with Crippen molar-refractivity contribution in [2.75, 3.05) is 7.05 Å². The van der Waals surface area contributed by atoms with E-state index in [2.05, 4.69) is 41.0 Å². The molecular weight excluding hydrogens is 294 g/mol. The van der Waals surface area contributed by atoms with Crippen molar-refractivity contribution in [1.82, 2.24) is 0 Å². The number of aryl methyl sites for hydroxylation is 1. The molecule has 0 aliphatic carbocycles. The van der Waals surface area contributed by atoms with Gasteiger partial charge in [-0.3, -0.25) is 4.99 Å². The average Bonchev–Trinajstić information content (AvgIpc) is 3.13. The summed E-state index contributed by atoms with van der Waals surface area (Å²) in [5, 5.41) is 7.26. The highest BCUT2D eigenvalue weighted by Crippen LogP contribution is 2.39. The molecule has 0 fully saturated rings. The largest absolute Gasteiger partial charge is 0.296 e. The number of unbranched alkanes of at least 4 members (excludes halogenated alkanes) is 3. The van der Waals surface area contributed by atoms with Crippen LogP contribution < -0.4 is 0 Å². The third kappa shape index (κ3) is 2.77. The molecule has 1 nitrogen and oxygen atoms in total. The van der Waals surface area contributed by atoms with Crippen molar-refractivity contribution < 1.29 is 0 Å². The van der Waals surface area contributed by atoms with Gasteiger partial charge in [-0.15, -0.1) is 22.7 Å². The molecule has 0 spiro atoms. The van der Waals surface area contributed by atoms with Gasteiger partial charge < -0.3 is 0 Å². The van der Waals surface area contributed by atoms with Gasteiger partial charge in [0.05, 0.1) is 9.40 Å². The van der Waals surface area contributed by atoms with Crippen LogP contribution in [0.3, 0.4) is 0 Å². The van der Waals surface area contributed by atoms with Crippen molar-refractivity contribution in [2.24, 2.45) is 4.99 Å². The van der Waals surface area contributed by atoms with E-state index in [1.54, 1.807) is 0 Å². The van der Waals surface area contributed by atoms with Gasteiger partial charge in [0.1, 0.15) is 0 Å². The Kier molecular flexibility index (Phi) is 4.71. The zero-order chi connectivity index (χ0) is 14.7. The van der Waals surface area contributed by atoms with E-state index in [9.17, 15) is 0 Å². The van der Waals surface area contributed by atoms with Gasteiger partial charge in [0.25, 0.3) is 0 Å². The Bertz CT molecular complexity index is 764. The zero-order valence-corrected chi connectivity index (χ0v) is 14.3. The molecule has 0 radical (unpaired) electrons. The van der Waals surface area contributed by atoms with E-state index in [1.165, 1.54) is 63.4 Å². The zero-order valence-electron chi connectivity index (χ0n) is 12.7. The number of fused-ring (bicyclic) bond motifs is 3. The van der Waals surface area contributed by atoms with Crippen LogP contribution in [-0.2, 0) is 6.42 Å². The van der Waals surface area contributed by atoms with Crippen molar-refractivity contribution in [1.29, 1.82) is 0 Å². The first-order valence-corrected chi connectivity index (χ1v) is 9.44. The molecule has 0 aliphatic heterocycles. The molecule has 0 bridgehead atoms. The fraction of sp³-hybridized carbons (Fsp3) is 0.389. The molecule has 0 atom stereocenters. The summed E-state index contributed by atoms with van der Waals surface area (Å²) in [5.41, 5.74) is 2.84. The molecule has 110 valence electrons. The van der Waals surface area contributed by atoms with Crippen LogP contribution in [0.15, 0.2) is 27.9 Å². The molecule has 3 heteroatoms. The first kappa shape index (κ1) is 14.7. The maximum atomic E-state index is 4.31. The van der Waals surface area contributed by atoms with E-state index in [4.69, 9.17) is 0 Å². The Balaban J connectivity index is 2.12. The Hall–Kier alpha value is -1.19.